The van der Waals surface area contributed by atoms with Crippen LogP contribution in [0.15, 0.2) is 30.3 Å². The maximum absolute atomic E-state index is 12.6. The van der Waals surface area contributed by atoms with Gasteiger partial charge in [0.15, 0.2) is 0 Å². The van der Waals surface area contributed by atoms with Crippen molar-refractivity contribution in [2.24, 2.45) is 11.7 Å². The van der Waals surface area contributed by atoms with Crippen molar-refractivity contribution in [2.75, 3.05) is 7.05 Å². The first-order chi connectivity index (χ1) is 9.11. The number of nitrogens with two attached hydrogens (primary N) is 1. The van der Waals surface area contributed by atoms with Gasteiger partial charge in [-0.05, 0) is 25.3 Å². The Balaban J connectivity index is 2.06. The van der Waals surface area contributed by atoms with Gasteiger partial charge < -0.3 is 10.6 Å². The van der Waals surface area contributed by atoms with Crippen molar-refractivity contribution in [1.82, 2.24) is 4.90 Å². The van der Waals surface area contributed by atoms with Gasteiger partial charge in [-0.15, -0.1) is 0 Å². The van der Waals surface area contributed by atoms with E-state index in [0.717, 1.165) is 25.7 Å². The summed E-state index contributed by atoms with van der Waals surface area (Å²) in [5.74, 6) is 0.202. The van der Waals surface area contributed by atoms with Crippen LogP contribution >= 0.6 is 0 Å². The Bertz CT molecular complexity index is 418. The lowest BCUT2D eigenvalue weighted by molar-refractivity contribution is -0.137. The summed E-state index contributed by atoms with van der Waals surface area (Å²) in [6.07, 6.45) is 4.19. The first-order valence-corrected chi connectivity index (χ1v) is 7.18. The summed E-state index contributed by atoms with van der Waals surface area (Å²) in [5.41, 5.74) is 7.28. The molecule has 19 heavy (non-hydrogen) atoms. The maximum atomic E-state index is 12.6. The summed E-state index contributed by atoms with van der Waals surface area (Å²) in [6.45, 7) is 2.07. The third-order valence-corrected chi connectivity index (χ3v) is 4.35. The number of rotatable bonds is 3. The molecule has 3 atom stereocenters. The molecule has 1 aromatic rings. The van der Waals surface area contributed by atoms with Crippen molar-refractivity contribution >= 4 is 5.91 Å². The fourth-order valence-corrected chi connectivity index (χ4v) is 2.87. The molecule has 3 heteroatoms. The van der Waals surface area contributed by atoms with Crippen LogP contribution in [-0.2, 0) is 4.79 Å². The third-order valence-electron chi connectivity index (χ3n) is 4.35. The molecule has 1 aromatic carbocycles. The fraction of sp³-hybridized carbons (Fsp3) is 0.562. The first kappa shape index (κ1) is 14.1. The Kier molecular flexibility index (Phi) is 4.59. The second kappa shape index (κ2) is 6.20. The smallest absolute Gasteiger partial charge is 0.227 e. The SMILES string of the molecule is CC(c1ccccc1)N(C)C(=O)C1CCCCC1N. The third kappa shape index (κ3) is 3.16. The van der Waals surface area contributed by atoms with E-state index in [4.69, 9.17) is 5.73 Å². The van der Waals surface area contributed by atoms with Crippen LogP contribution < -0.4 is 5.73 Å². The molecule has 0 aliphatic heterocycles. The molecule has 3 unspecified atom stereocenters. The molecule has 0 bridgehead atoms. The average molecular weight is 260 g/mol. The molecule has 1 amide bonds. The molecular weight excluding hydrogens is 236 g/mol. The van der Waals surface area contributed by atoms with Gasteiger partial charge >= 0.3 is 0 Å². The van der Waals surface area contributed by atoms with Gasteiger partial charge in [-0.2, -0.15) is 0 Å². The van der Waals surface area contributed by atoms with Crippen molar-refractivity contribution in [2.45, 2.75) is 44.7 Å². The molecule has 0 saturated heterocycles. The largest absolute Gasteiger partial charge is 0.339 e. The molecule has 2 rings (SSSR count). The van der Waals surface area contributed by atoms with Crippen molar-refractivity contribution in [3.8, 4) is 0 Å². The van der Waals surface area contributed by atoms with Gasteiger partial charge in [-0.1, -0.05) is 43.2 Å². The first-order valence-electron chi connectivity index (χ1n) is 7.18. The summed E-state index contributed by atoms with van der Waals surface area (Å²) in [6, 6.07) is 10.3. The van der Waals surface area contributed by atoms with E-state index in [-0.39, 0.29) is 23.9 Å². The van der Waals surface area contributed by atoms with Gasteiger partial charge in [-0.25, -0.2) is 0 Å². The number of nitrogens with zero attached hydrogens (tertiary/aromatic N) is 1. The van der Waals surface area contributed by atoms with Crippen molar-refractivity contribution < 1.29 is 4.79 Å². The fourth-order valence-electron chi connectivity index (χ4n) is 2.87. The highest BCUT2D eigenvalue weighted by Crippen LogP contribution is 2.27. The Labute approximate surface area is 115 Å². The Morgan fingerprint density at radius 2 is 1.89 bits per heavy atom. The topological polar surface area (TPSA) is 46.3 Å². The van der Waals surface area contributed by atoms with E-state index in [1.807, 2.05) is 30.1 Å². The monoisotopic (exact) mass is 260 g/mol. The predicted octanol–water partition coefficient (Wildman–Crippen LogP) is 2.72. The molecule has 0 heterocycles. The van der Waals surface area contributed by atoms with Crippen molar-refractivity contribution in [3.05, 3.63) is 35.9 Å². The summed E-state index contributed by atoms with van der Waals surface area (Å²) >= 11 is 0. The summed E-state index contributed by atoms with van der Waals surface area (Å²) in [7, 11) is 1.89. The standard InChI is InChI=1S/C16H24N2O/c1-12(13-8-4-3-5-9-13)18(2)16(19)14-10-6-7-11-15(14)17/h3-5,8-9,12,14-15H,6-7,10-11,17H2,1-2H3. The number of carbonyl (C=O) groups excluding carboxylic acids is 1. The molecule has 0 aromatic heterocycles. The summed E-state index contributed by atoms with van der Waals surface area (Å²) in [4.78, 5) is 14.4. The number of amides is 1. The Hall–Kier alpha value is -1.35. The molecule has 1 aliphatic carbocycles. The maximum Gasteiger partial charge on any atom is 0.227 e. The second-order valence-electron chi connectivity index (χ2n) is 5.59. The minimum atomic E-state index is 0.00455. The molecule has 3 nitrogen and oxygen atoms in total. The Morgan fingerprint density at radius 3 is 2.53 bits per heavy atom. The van der Waals surface area contributed by atoms with Gasteiger partial charge in [0.25, 0.3) is 0 Å². The van der Waals surface area contributed by atoms with Gasteiger partial charge in [0.05, 0.1) is 12.0 Å². The van der Waals surface area contributed by atoms with Crippen LogP contribution in [0, 0.1) is 5.92 Å². The molecule has 0 radical (unpaired) electrons. The van der Waals surface area contributed by atoms with Gasteiger partial charge in [0.1, 0.15) is 0 Å². The van der Waals surface area contributed by atoms with E-state index in [0.29, 0.717) is 0 Å². The van der Waals surface area contributed by atoms with E-state index in [9.17, 15) is 4.79 Å². The number of benzene rings is 1. The quantitative estimate of drug-likeness (QED) is 0.908. The highest BCUT2D eigenvalue weighted by molar-refractivity contribution is 5.79. The van der Waals surface area contributed by atoms with E-state index < -0.39 is 0 Å². The zero-order valence-corrected chi connectivity index (χ0v) is 11.9. The second-order valence-corrected chi connectivity index (χ2v) is 5.59. The van der Waals surface area contributed by atoms with Crippen LogP contribution in [0.5, 0.6) is 0 Å². The highest BCUT2D eigenvalue weighted by atomic mass is 16.2. The average Bonchev–Trinajstić information content (AvgIpc) is 2.46. The number of hydrogen-bond donors (Lipinski definition) is 1. The van der Waals surface area contributed by atoms with E-state index in [2.05, 4.69) is 19.1 Å². The minimum Gasteiger partial charge on any atom is -0.339 e. The van der Waals surface area contributed by atoms with E-state index >= 15 is 0 Å². The van der Waals surface area contributed by atoms with Crippen LogP contribution in [0.2, 0.25) is 0 Å². The van der Waals surface area contributed by atoms with E-state index in [1.54, 1.807) is 0 Å². The number of hydrogen-bond acceptors (Lipinski definition) is 2. The van der Waals surface area contributed by atoms with Gasteiger partial charge in [0.2, 0.25) is 5.91 Å². The lowest BCUT2D eigenvalue weighted by atomic mass is 9.84. The predicted molar refractivity (Wildman–Crippen MR) is 77.6 cm³/mol. The summed E-state index contributed by atoms with van der Waals surface area (Å²) in [5, 5.41) is 0. The lowest BCUT2D eigenvalue weighted by Crippen LogP contribution is -2.45. The normalized spacial score (nSPS) is 24.8. The van der Waals surface area contributed by atoms with Crippen LogP contribution in [0.1, 0.15) is 44.2 Å². The Morgan fingerprint density at radius 1 is 1.26 bits per heavy atom. The number of carbonyl (C=O) groups is 1. The zero-order valence-electron chi connectivity index (χ0n) is 11.9. The van der Waals surface area contributed by atoms with Crippen LogP contribution in [0.3, 0.4) is 0 Å². The van der Waals surface area contributed by atoms with E-state index in [1.165, 1.54) is 5.56 Å². The zero-order chi connectivity index (χ0) is 13.8. The molecular formula is C16H24N2O. The summed E-state index contributed by atoms with van der Waals surface area (Å²) < 4.78 is 0. The van der Waals surface area contributed by atoms with Crippen LogP contribution in [0.25, 0.3) is 0 Å². The lowest BCUT2D eigenvalue weighted by Gasteiger charge is -2.34. The van der Waals surface area contributed by atoms with Crippen molar-refractivity contribution in [1.29, 1.82) is 0 Å². The van der Waals surface area contributed by atoms with Crippen LogP contribution in [-0.4, -0.2) is 23.9 Å². The minimum absolute atomic E-state index is 0.00455. The van der Waals surface area contributed by atoms with Gasteiger partial charge in [0, 0.05) is 13.1 Å². The van der Waals surface area contributed by atoms with Gasteiger partial charge in [-0.3, -0.25) is 4.79 Å². The molecule has 2 N–H and O–H groups in total. The molecule has 1 fully saturated rings. The van der Waals surface area contributed by atoms with Crippen LogP contribution in [0.4, 0.5) is 0 Å². The molecule has 1 saturated carbocycles. The van der Waals surface area contributed by atoms with Crippen molar-refractivity contribution in [3.63, 3.8) is 0 Å². The molecule has 0 spiro atoms. The molecule has 1 aliphatic rings. The highest BCUT2D eigenvalue weighted by Gasteiger charge is 2.32. The molecule has 104 valence electrons.